The van der Waals surface area contributed by atoms with E-state index in [4.69, 9.17) is 4.74 Å². The predicted molar refractivity (Wildman–Crippen MR) is 77.0 cm³/mol. The highest BCUT2D eigenvalue weighted by Crippen LogP contribution is 2.28. The zero-order valence-electron chi connectivity index (χ0n) is 9.47. The van der Waals surface area contributed by atoms with Crippen LogP contribution >= 0.6 is 22.6 Å². The van der Waals surface area contributed by atoms with E-state index >= 15 is 0 Å². The van der Waals surface area contributed by atoms with Gasteiger partial charge in [-0.25, -0.2) is 0 Å². The zero-order valence-corrected chi connectivity index (χ0v) is 11.6. The number of benzene rings is 2. The molecule has 2 aromatic rings. The van der Waals surface area contributed by atoms with Crippen molar-refractivity contribution >= 4 is 28.9 Å². The maximum atomic E-state index is 10.8. The number of aldehydes is 1. The van der Waals surface area contributed by atoms with Crippen LogP contribution in [0.3, 0.4) is 0 Å². The fourth-order valence-corrected chi connectivity index (χ4v) is 1.95. The Hall–Kier alpha value is -1.56. The Balaban J connectivity index is 2.15. The molecule has 0 atom stereocenters. The highest BCUT2D eigenvalue weighted by molar-refractivity contribution is 14.1. The molecule has 0 aliphatic heterocycles. The van der Waals surface area contributed by atoms with E-state index in [0.717, 1.165) is 5.56 Å². The van der Waals surface area contributed by atoms with Crippen molar-refractivity contribution in [3.8, 4) is 11.5 Å². The van der Waals surface area contributed by atoms with Gasteiger partial charge in [0.25, 0.3) is 0 Å². The first kappa shape index (κ1) is 12.9. The van der Waals surface area contributed by atoms with Gasteiger partial charge >= 0.3 is 0 Å². The average Bonchev–Trinajstić information content (AvgIpc) is 2.41. The largest absolute Gasteiger partial charge is 0.507 e. The average molecular weight is 354 g/mol. The van der Waals surface area contributed by atoms with Crippen LogP contribution in [0.25, 0.3) is 0 Å². The summed E-state index contributed by atoms with van der Waals surface area (Å²) < 4.78 is 6.08. The Morgan fingerprint density at radius 3 is 2.61 bits per heavy atom. The minimum Gasteiger partial charge on any atom is -0.507 e. The second-order valence-electron chi connectivity index (χ2n) is 3.74. The predicted octanol–water partition coefficient (Wildman–Crippen LogP) is 3.39. The smallest absolute Gasteiger partial charge is 0.151 e. The summed E-state index contributed by atoms with van der Waals surface area (Å²) in [5.74, 6) is 0.544. The summed E-state index contributed by atoms with van der Waals surface area (Å²) in [6.45, 7) is 0.402. The van der Waals surface area contributed by atoms with Crippen molar-refractivity contribution in [2.45, 2.75) is 6.61 Å². The fraction of sp³-hybridized carbons (Fsp3) is 0.0714. The monoisotopic (exact) mass is 354 g/mol. The molecule has 3 nitrogen and oxygen atoms in total. The van der Waals surface area contributed by atoms with Gasteiger partial charge in [0.1, 0.15) is 18.1 Å². The van der Waals surface area contributed by atoms with Crippen LogP contribution in [0.2, 0.25) is 0 Å². The molecule has 0 saturated carbocycles. The number of halogens is 1. The Morgan fingerprint density at radius 1 is 1.22 bits per heavy atom. The standard InChI is InChI=1S/C14H11IO3/c15-14-11(8-16)6-12(7-13(14)17)18-9-10-4-2-1-3-5-10/h1-8,17H,9H2. The van der Waals surface area contributed by atoms with E-state index in [0.29, 0.717) is 27.8 Å². The van der Waals surface area contributed by atoms with Crippen LogP contribution in [-0.2, 0) is 6.61 Å². The molecule has 0 aromatic heterocycles. The molecule has 0 saturated heterocycles. The van der Waals surface area contributed by atoms with Gasteiger partial charge in [-0.05, 0) is 34.2 Å². The SMILES string of the molecule is O=Cc1cc(OCc2ccccc2)cc(O)c1I. The van der Waals surface area contributed by atoms with E-state index in [1.807, 2.05) is 52.9 Å². The fourth-order valence-electron chi connectivity index (χ4n) is 1.51. The normalized spacial score (nSPS) is 10.1. The molecule has 2 rings (SSSR count). The Bertz CT molecular complexity index is 552. The van der Waals surface area contributed by atoms with Gasteiger partial charge in [0.15, 0.2) is 6.29 Å². The van der Waals surface area contributed by atoms with Crippen LogP contribution in [0.1, 0.15) is 15.9 Å². The number of phenols is 1. The Kier molecular flexibility index (Phi) is 4.19. The number of rotatable bonds is 4. The first-order valence-electron chi connectivity index (χ1n) is 5.35. The van der Waals surface area contributed by atoms with E-state index in [1.165, 1.54) is 6.07 Å². The minimum absolute atomic E-state index is 0.0586. The second kappa shape index (κ2) is 5.86. The number of ether oxygens (including phenoxy) is 1. The van der Waals surface area contributed by atoms with Crippen molar-refractivity contribution in [2.75, 3.05) is 0 Å². The summed E-state index contributed by atoms with van der Waals surface area (Å²) in [5.41, 5.74) is 1.46. The highest BCUT2D eigenvalue weighted by atomic mass is 127. The molecule has 0 bridgehead atoms. The Morgan fingerprint density at radius 2 is 1.94 bits per heavy atom. The number of hydrogen-bond acceptors (Lipinski definition) is 3. The lowest BCUT2D eigenvalue weighted by Gasteiger charge is -2.09. The molecule has 1 N–H and O–H groups in total. The number of phenolic OH excluding ortho intramolecular Hbond substituents is 1. The van der Waals surface area contributed by atoms with Crippen LogP contribution in [0.15, 0.2) is 42.5 Å². The topological polar surface area (TPSA) is 46.5 Å². The summed E-state index contributed by atoms with van der Waals surface area (Å²) in [5, 5.41) is 9.66. The van der Waals surface area contributed by atoms with Gasteiger partial charge in [0.2, 0.25) is 0 Å². The van der Waals surface area contributed by atoms with Crippen molar-refractivity contribution in [3.63, 3.8) is 0 Å². The lowest BCUT2D eigenvalue weighted by Crippen LogP contribution is -1.97. The van der Waals surface area contributed by atoms with Gasteiger partial charge in [-0.1, -0.05) is 30.3 Å². The van der Waals surface area contributed by atoms with Crippen LogP contribution in [0.5, 0.6) is 11.5 Å². The molecule has 0 aliphatic rings. The van der Waals surface area contributed by atoms with Crippen molar-refractivity contribution in [2.24, 2.45) is 0 Å². The summed E-state index contributed by atoms with van der Waals surface area (Å²) in [6, 6.07) is 12.8. The maximum Gasteiger partial charge on any atom is 0.151 e. The summed E-state index contributed by atoms with van der Waals surface area (Å²) >= 11 is 1.92. The molecular weight excluding hydrogens is 343 g/mol. The summed E-state index contributed by atoms with van der Waals surface area (Å²) in [7, 11) is 0. The van der Waals surface area contributed by atoms with Crippen LogP contribution in [0, 0.1) is 3.57 Å². The van der Waals surface area contributed by atoms with Crippen LogP contribution in [0.4, 0.5) is 0 Å². The second-order valence-corrected chi connectivity index (χ2v) is 4.82. The van der Waals surface area contributed by atoms with E-state index < -0.39 is 0 Å². The van der Waals surface area contributed by atoms with Crippen molar-refractivity contribution in [1.29, 1.82) is 0 Å². The van der Waals surface area contributed by atoms with Crippen LogP contribution in [-0.4, -0.2) is 11.4 Å². The number of aromatic hydroxyl groups is 1. The van der Waals surface area contributed by atoms with E-state index in [-0.39, 0.29) is 5.75 Å². The Labute approximate surface area is 119 Å². The molecule has 0 amide bonds. The lowest BCUT2D eigenvalue weighted by atomic mass is 10.2. The third-order valence-electron chi connectivity index (χ3n) is 2.43. The number of hydrogen-bond donors (Lipinski definition) is 1. The molecular formula is C14H11IO3. The van der Waals surface area contributed by atoms with Crippen molar-refractivity contribution < 1.29 is 14.6 Å². The molecule has 18 heavy (non-hydrogen) atoms. The third-order valence-corrected chi connectivity index (χ3v) is 3.61. The first-order valence-corrected chi connectivity index (χ1v) is 6.43. The van der Waals surface area contributed by atoms with Gasteiger partial charge in [0, 0.05) is 11.6 Å². The van der Waals surface area contributed by atoms with E-state index in [9.17, 15) is 9.90 Å². The minimum atomic E-state index is 0.0586. The van der Waals surface area contributed by atoms with Gasteiger partial charge in [-0.3, -0.25) is 4.79 Å². The summed E-state index contributed by atoms with van der Waals surface area (Å²) in [4.78, 5) is 10.8. The van der Waals surface area contributed by atoms with Gasteiger partial charge < -0.3 is 9.84 Å². The molecule has 0 radical (unpaired) electrons. The molecule has 4 heteroatoms. The highest BCUT2D eigenvalue weighted by Gasteiger charge is 2.08. The molecule has 0 spiro atoms. The van der Waals surface area contributed by atoms with E-state index in [1.54, 1.807) is 6.07 Å². The molecule has 0 unspecified atom stereocenters. The molecule has 0 heterocycles. The molecule has 92 valence electrons. The van der Waals surface area contributed by atoms with Crippen LogP contribution < -0.4 is 4.74 Å². The molecule has 0 fully saturated rings. The van der Waals surface area contributed by atoms with Gasteiger partial charge in [-0.2, -0.15) is 0 Å². The third kappa shape index (κ3) is 3.01. The van der Waals surface area contributed by atoms with E-state index in [2.05, 4.69) is 0 Å². The quantitative estimate of drug-likeness (QED) is 0.676. The summed E-state index contributed by atoms with van der Waals surface area (Å²) in [6.07, 6.45) is 0.705. The van der Waals surface area contributed by atoms with Gasteiger partial charge in [-0.15, -0.1) is 0 Å². The first-order chi connectivity index (χ1) is 8.70. The lowest BCUT2D eigenvalue weighted by molar-refractivity contribution is 0.112. The number of carbonyl (C=O) groups is 1. The zero-order chi connectivity index (χ0) is 13.0. The molecule has 2 aromatic carbocycles. The van der Waals surface area contributed by atoms with Gasteiger partial charge in [0.05, 0.1) is 3.57 Å². The van der Waals surface area contributed by atoms with Crippen molar-refractivity contribution in [3.05, 3.63) is 57.2 Å². The number of carbonyl (C=O) groups excluding carboxylic acids is 1. The maximum absolute atomic E-state index is 10.8. The van der Waals surface area contributed by atoms with Crippen molar-refractivity contribution in [1.82, 2.24) is 0 Å². The molecule has 0 aliphatic carbocycles.